The highest BCUT2D eigenvalue weighted by Crippen LogP contribution is 2.24. The van der Waals surface area contributed by atoms with Crippen LogP contribution in [0, 0.1) is 0 Å². The summed E-state index contributed by atoms with van der Waals surface area (Å²) in [6.45, 7) is 2.07. The molecular formula is C14H19N3O2. The van der Waals surface area contributed by atoms with E-state index in [1.807, 2.05) is 19.1 Å². The molecule has 0 aliphatic rings. The first-order valence-corrected chi connectivity index (χ1v) is 6.29. The molecule has 2 aromatic rings. The first-order chi connectivity index (χ1) is 9.02. The van der Waals surface area contributed by atoms with E-state index in [1.54, 1.807) is 23.7 Å². The van der Waals surface area contributed by atoms with Gasteiger partial charge in [0.2, 0.25) is 0 Å². The lowest BCUT2D eigenvalue weighted by Gasteiger charge is -2.17. The number of pyridine rings is 1. The highest BCUT2D eigenvalue weighted by atomic mass is 16.3. The summed E-state index contributed by atoms with van der Waals surface area (Å²) in [5, 5.41) is 13.1. The lowest BCUT2D eigenvalue weighted by atomic mass is 10.1. The van der Waals surface area contributed by atoms with Crippen LogP contribution in [0.4, 0.5) is 11.4 Å². The van der Waals surface area contributed by atoms with Crippen LogP contribution in [0.3, 0.4) is 0 Å². The number of aliphatic hydroxyl groups is 1. The zero-order valence-corrected chi connectivity index (χ0v) is 11.2. The quantitative estimate of drug-likeness (QED) is 0.725. The van der Waals surface area contributed by atoms with Crippen LogP contribution in [0.25, 0.3) is 10.9 Å². The number of hydrogen-bond acceptors (Lipinski definition) is 4. The van der Waals surface area contributed by atoms with E-state index in [1.165, 1.54) is 0 Å². The van der Waals surface area contributed by atoms with Gasteiger partial charge in [-0.2, -0.15) is 0 Å². The summed E-state index contributed by atoms with van der Waals surface area (Å²) >= 11 is 0. The lowest BCUT2D eigenvalue weighted by molar-refractivity contribution is 0.282. The van der Waals surface area contributed by atoms with Gasteiger partial charge in [-0.15, -0.1) is 0 Å². The van der Waals surface area contributed by atoms with Crippen molar-refractivity contribution in [2.45, 2.75) is 19.4 Å². The maximum absolute atomic E-state index is 11.9. The third-order valence-corrected chi connectivity index (χ3v) is 3.23. The molecule has 0 amide bonds. The number of nitrogens with one attached hydrogen (secondary N) is 1. The van der Waals surface area contributed by atoms with Crippen LogP contribution < -0.4 is 16.6 Å². The van der Waals surface area contributed by atoms with E-state index in [9.17, 15) is 4.79 Å². The molecule has 0 saturated carbocycles. The lowest BCUT2D eigenvalue weighted by Crippen LogP contribution is -2.21. The number of aromatic nitrogens is 1. The Morgan fingerprint density at radius 2 is 2.16 bits per heavy atom. The summed E-state index contributed by atoms with van der Waals surface area (Å²) in [5.41, 5.74) is 7.99. The fraction of sp³-hybridized carbons (Fsp3) is 0.357. The Morgan fingerprint density at radius 1 is 1.42 bits per heavy atom. The molecule has 4 N–H and O–H groups in total. The van der Waals surface area contributed by atoms with Gasteiger partial charge in [0.1, 0.15) is 0 Å². The molecule has 0 fully saturated rings. The predicted octanol–water partition coefficient (Wildman–Crippen LogP) is 1.30. The smallest absolute Gasteiger partial charge is 0.252 e. The Morgan fingerprint density at radius 3 is 2.84 bits per heavy atom. The fourth-order valence-corrected chi connectivity index (χ4v) is 2.13. The van der Waals surface area contributed by atoms with Gasteiger partial charge in [0.15, 0.2) is 0 Å². The minimum atomic E-state index is -0.0732. The number of hydrogen-bond donors (Lipinski definition) is 3. The first-order valence-electron chi connectivity index (χ1n) is 6.29. The average molecular weight is 261 g/mol. The molecule has 0 aliphatic carbocycles. The van der Waals surface area contributed by atoms with Crippen molar-refractivity contribution in [1.29, 1.82) is 0 Å². The van der Waals surface area contributed by atoms with Crippen LogP contribution in [0.1, 0.15) is 13.3 Å². The van der Waals surface area contributed by atoms with Crippen molar-refractivity contribution in [2.24, 2.45) is 7.05 Å². The molecule has 0 saturated heterocycles. The minimum Gasteiger partial charge on any atom is -0.399 e. The third kappa shape index (κ3) is 2.71. The summed E-state index contributed by atoms with van der Waals surface area (Å²) in [7, 11) is 1.74. The van der Waals surface area contributed by atoms with E-state index in [2.05, 4.69) is 5.32 Å². The van der Waals surface area contributed by atoms with Crippen molar-refractivity contribution in [2.75, 3.05) is 17.7 Å². The summed E-state index contributed by atoms with van der Waals surface area (Å²) in [5.74, 6) is 0. The zero-order chi connectivity index (χ0) is 14.0. The molecular weight excluding hydrogens is 242 g/mol. The number of nitrogens with zero attached hydrogens (tertiary/aromatic N) is 1. The number of nitrogens with two attached hydrogens (primary N) is 1. The second-order valence-electron chi connectivity index (χ2n) is 4.79. The molecule has 1 heterocycles. The van der Waals surface area contributed by atoms with Crippen molar-refractivity contribution >= 4 is 22.3 Å². The first kappa shape index (κ1) is 13.4. The molecule has 1 unspecified atom stereocenters. The summed E-state index contributed by atoms with van der Waals surface area (Å²) in [4.78, 5) is 11.9. The van der Waals surface area contributed by atoms with Gasteiger partial charge >= 0.3 is 0 Å². The number of nitrogen functional groups attached to an aromatic ring is 1. The molecule has 0 bridgehead atoms. The second-order valence-corrected chi connectivity index (χ2v) is 4.79. The monoisotopic (exact) mass is 261 g/mol. The van der Waals surface area contributed by atoms with Crippen LogP contribution in [0.15, 0.2) is 29.1 Å². The molecule has 2 rings (SSSR count). The number of aryl methyl sites for hydroxylation is 1. The number of rotatable bonds is 4. The van der Waals surface area contributed by atoms with Gasteiger partial charge in [-0.1, -0.05) is 0 Å². The zero-order valence-electron chi connectivity index (χ0n) is 11.2. The van der Waals surface area contributed by atoms with Gasteiger partial charge in [-0.25, -0.2) is 0 Å². The molecule has 0 spiro atoms. The molecule has 1 aromatic heterocycles. The third-order valence-electron chi connectivity index (χ3n) is 3.23. The average Bonchev–Trinajstić information content (AvgIpc) is 2.36. The SMILES string of the molecule is CC(CCO)Nc1cc(=O)n(C)c2ccc(N)cc12. The van der Waals surface area contributed by atoms with E-state index < -0.39 is 0 Å². The molecule has 5 nitrogen and oxygen atoms in total. The van der Waals surface area contributed by atoms with E-state index in [0.717, 1.165) is 16.6 Å². The van der Waals surface area contributed by atoms with Crippen LogP contribution in [0.5, 0.6) is 0 Å². The van der Waals surface area contributed by atoms with E-state index >= 15 is 0 Å². The fourth-order valence-electron chi connectivity index (χ4n) is 2.13. The number of anilines is 2. The van der Waals surface area contributed by atoms with Gasteiger partial charge in [0, 0.05) is 42.5 Å². The molecule has 0 radical (unpaired) electrons. The highest BCUT2D eigenvalue weighted by Gasteiger charge is 2.09. The minimum absolute atomic E-state index is 0.0732. The van der Waals surface area contributed by atoms with Crippen LogP contribution >= 0.6 is 0 Å². The Bertz CT molecular complexity index is 649. The second kappa shape index (κ2) is 5.32. The molecule has 1 atom stereocenters. The van der Waals surface area contributed by atoms with Gasteiger partial charge in [-0.05, 0) is 31.5 Å². The van der Waals surface area contributed by atoms with Gasteiger partial charge in [-0.3, -0.25) is 4.79 Å². The molecule has 5 heteroatoms. The maximum Gasteiger partial charge on any atom is 0.252 e. The van der Waals surface area contributed by atoms with Crippen molar-refractivity contribution in [1.82, 2.24) is 4.57 Å². The predicted molar refractivity (Wildman–Crippen MR) is 78.4 cm³/mol. The molecule has 0 aliphatic heterocycles. The number of fused-ring (bicyclic) bond motifs is 1. The Hall–Kier alpha value is -2.01. The number of aliphatic hydroxyl groups excluding tert-OH is 1. The van der Waals surface area contributed by atoms with E-state index in [-0.39, 0.29) is 18.2 Å². The normalized spacial score (nSPS) is 12.6. The van der Waals surface area contributed by atoms with Crippen molar-refractivity contribution in [3.63, 3.8) is 0 Å². The largest absolute Gasteiger partial charge is 0.399 e. The molecule has 1 aromatic carbocycles. The van der Waals surface area contributed by atoms with Gasteiger partial charge in [0.05, 0.1) is 5.52 Å². The van der Waals surface area contributed by atoms with E-state index in [0.29, 0.717) is 12.1 Å². The van der Waals surface area contributed by atoms with E-state index in [4.69, 9.17) is 10.8 Å². The van der Waals surface area contributed by atoms with Crippen LogP contribution in [0.2, 0.25) is 0 Å². The van der Waals surface area contributed by atoms with Crippen molar-refractivity contribution < 1.29 is 5.11 Å². The molecule has 19 heavy (non-hydrogen) atoms. The van der Waals surface area contributed by atoms with Gasteiger partial charge in [0.25, 0.3) is 5.56 Å². The van der Waals surface area contributed by atoms with Crippen molar-refractivity contribution in [3.8, 4) is 0 Å². The van der Waals surface area contributed by atoms with Crippen LogP contribution in [-0.2, 0) is 7.05 Å². The van der Waals surface area contributed by atoms with Gasteiger partial charge < -0.3 is 20.7 Å². The Balaban J connectivity index is 2.56. The van der Waals surface area contributed by atoms with Crippen LogP contribution in [-0.4, -0.2) is 22.3 Å². The molecule has 102 valence electrons. The Labute approximate surface area is 111 Å². The Kier molecular flexibility index (Phi) is 3.76. The topological polar surface area (TPSA) is 80.3 Å². The summed E-state index contributed by atoms with van der Waals surface area (Å²) in [6, 6.07) is 7.12. The maximum atomic E-state index is 11.9. The standard InChI is InChI=1S/C14H19N3O2/c1-9(5-6-18)16-12-8-14(19)17(2)13-4-3-10(15)7-11(12)13/h3-4,7-9,16,18H,5-6,15H2,1-2H3. The highest BCUT2D eigenvalue weighted by molar-refractivity contribution is 5.93. The summed E-state index contributed by atoms with van der Waals surface area (Å²) < 4.78 is 1.59. The van der Waals surface area contributed by atoms with Crippen molar-refractivity contribution in [3.05, 3.63) is 34.6 Å². The number of benzene rings is 1. The summed E-state index contributed by atoms with van der Waals surface area (Å²) in [6.07, 6.45) is 0.624.